The lowest BCUT2D eigenvalue weighted by Gasteiger charge is -2.39. The maximum absolute atomic E-state index is 14.5. The summed E-state index contributed by atoms with van der Waals surface area (Å²) in [5.74, 6) is -1.97. The predicted octanol–water partition coefficient (Wildman–Crippen LogP) is 8.32. The van der Waals surface area contributed by atoms with Crippen molar-refractivity contribution < 1.29 is 53.2 Å². The van der Waals surface area contributed by atoms with E-state index in [-0.39, 0.29) is 84.4 Å². The number of Topliss-reactive ketones (excluding diaryl/α,β-unsaturated/α-hetero) is 1. The number of phenols is 2. The fraction of sp³-hybridized carbons (Fsp3) is 0.466. The Bertz CT molecular complexity index is 3650. The Balaban J connectivity index is 0.782. The number of aromatic nitrogens is 3. The number of nitrogens with one attached hydrogen (secondary N) is 5. The van der Waals surface area contributed by atoms with Crippen molar-refractivity contribution in [3.05, 3.63) is 149 Å². The van der Waals surface area contributed by atoms with Crippen molar-refractivity contribution in [1.82, 2.24) is 51.1 Å². The van der Waals surface area contributed by atoms with Crippen molar-refractivity contribution in [2.75, 3.05) is 57.3 Å². The highest BCUT2D eigenvalue weighted by molar-refractivity contribution is 5.99. The molecule has 3 fully saturated rings. The summed E-state index contributed by atoms with van der Waals surface area (Å²) >= 11 is 0. The van der Waals surface area contributed by atoms with Crippen LogP contribution in [-0.2, 0) is 48.1 Å². The van der Waals surface area contributed by atoms with Gasteiger partial charge in [0.25, 0.3) is 5.91 Å². The number of benzene rings is 5. The number of epoxide rings is 1. The first-order chi connectivity index (χ1) is 45.5. The van der Waals surface area contributed by atoms with Gasteiger partial charge in [-0.3, -0.25) is 38.2 Å². The number of carbonyl (C=O) groups excluding carboxylic acids is 7. The molecule has 7 N–H and O–H groups in total. The van der Waals surface area contributed by atoms with Gasteiger partial charge in [-0.2, -0.15) is 0 Å². The number of carbonyl (C=O) groups is 7. The molecule has 3 aliphatic rings. The molecule has 1 aromatic heterocycles. The van der Waals surface area contributed by atoms with Crippen LogP contribution >= 0.6 is 0 Å². The maximum atomic E-state index is 14.5. The summed E-state index contributed by atoms with van der Waals surface area (Å²) in [4.78, 5) is 104. The number of phenolic OH excluding ortho intramolecular Hbond substituents is 2. The van der Waals surface area contributed by atoms with Gasteiger partial charge < -0.3 is 56.1 Å². The average molecular weight is 1300 g/mol. The molecule has 0 bridgehead atoms. The fourth-order valence-corrected chi connectivity index (χ4v) is 12.5. The number of ether oxygens (including phenoxy) is 2. The van der Waals surface area contributed by atoms with E-state index in [1.165, 1.54) is 6.07 Å². The molecule has 0 radical (unpaired) electrons. The average Bonchev–Trinajstić information content (AvgIpc) is 1.69. The van der Waals surface area contributed by atoms with Gasteiger partial charge in [0.2, 0.25) is 29.5 Å². The molecule has 95 heavy (non-hydrogen) atoms. The van der Waals surface area contributed by atoms with Crippen LogP contribution in [0.3, 0.4) is 0 Å². The number of hydrogen-bond acceptors (Lipinski definition) is 15. The Morgan fingerprint density at radius 3 is 1.85 bits per heavy atom. The van der Waals surface area contributed by atoms with Crippen molar-refractivity contribution in [2.45, 2.75) is 149 Å². The minimum absolute atomic E-state index is 0.0330. The highest BCUT2D eigenvalue weighted by Crippen LogP contribution is 2.39. The summed E-state index contributed by atoms with van der Waals surface area (Å²) in [6, 6.07) is 30.9. The van der Waals surface area contributed by atoms with Crippen molar-refractivity contribution in [1.29, 1.82) is 0 Å². The lowest BCUT2D eigenvalue weighted by molar-refractivity contribution is -0.137. The first-order valence-corrected chi connectivity index (χ1v) is 33.4. The molecule has 6 aromatic rings. The molecule has 4 heterocycles. The minimum atomic E-state index is -1.13. The number of likely N-dealkylation sites (tertiary alicyclic amines) is 1. The van der Waals surface area contributed by atoms with E-state index < -0.39 is 59.5 Å². The number of piperazine rings is 1. The minimum Gasteiger partial charge on any atom is -0.508 e. The number of amides is 6. The molecular formula is C73H93N11O11. The second kappa shape index (κ2) is 31.9. The molecule has 3 saturated heterocycles. The Hall–Kier alpha value is -9.15. The first kappa shape index (κ1) is 70.2. The summed E-state index contributed by atoms with van der Waals surface area (Å²) in [6.45, 7) is 22.1. The Morgan fingerprint density at radius 1 is 0.653 bits per heavy atom. The van der Waals surface area contributed by atoms with Crippen LogP contribution in [0.1, 0.15) is 132 Å². The van der Waals surface area contributed by atoms with Gasteiger partial charge in [-0.1, -0.05) is 114 Å². The Labute approximate surface area is 556 Å². The SMILES string of the molecule is CCNC(=O)c1nnc(-c2cc(C(C)C)c(O)cc2O)n1-c1ccc(CN2CCC(C(=O)N3CCN(c4ccc(OC(=O)N[C@@H](CCc5ccccc5)C(=O)N[C@@H](CC(C)C)C(=O)N[C@@H](Cc5ccccc5)C(=O)NC(CC(C)C)C(=O)[C@@]5(C)CO5)c(C)c4)CC3)CC2)cc1. The van der Waals surface area contributed by atoms with Crippen LogP contribution in [0.25, 0.3) is 17.1 Å². The number of anilines is 1. The number of ketones is 1. The molecule has 0 aliphatic carbocycles. The highest BCUT2D eigenvalue weighted by atomic mass is 16.6. The highest BCUT2D eigenvalue weighted by Gasteiger charge is 2.50. The number of hydrogen-bond donors (Lipinski definition) is 7. The zero-order chi connectivity index (χ0) is 68.1. The summed E-state index contributed by atoms with van der Waals surface area (Å²) in [6.07, 6.45) is 1.90. The summed E-state index contributed by atoms with van der Waals surface area (Å²) in [5.41, 5.74) is 4.96. The molecule has 506 valence electrons. The van der Waals surface area contributed by atoms with Crippen LogP contribution in [0.4, 0.5) is 10.5 Å². The molecular weight excluding hydrogens is 1210 g/mol. The summed E-state index contributed by atoms with van der Waals surface area (Å²) in [5, 5.41) is 44.4. The number of rotatable bonds is 28. The van der Waals surface area contributed by atoms with Crippen molar-refractivity contribution in [3.63, 3.8) is 0 Å². The molecule has 0 saturated carbocycles. The second-order valence-corrected chi connectivity index (χ2v) is 26.7. The molecule has 1 unspecified atom stereocenters. The first-order valence-electron chi connectivity index (χ1n) is 33.4. The largest absolute Gasteiger partial charge is 0.508 e. The van der Waals surface area contributed by atoms with Crippen LogP contribution in [0.2, 0.25) is 0 Å². The van der Waals surface area contributed by atoms with Gasteiger partial charge in [0.15, 0.2) is 11.6 Å². The third kappa shape index (κ3) is 18.4. The lowest BCUT2D eigenvalue weighted by atomic mass is 9.93. The third-order valence-corrected chi connectivity index (χ3v) is 17.9. The van der Waals surface area contributed by atoms with Crippen molar-refractivity contribution in [2.24, 2.45) is 17.8 Å². The van der Waals surface area contributed by atoms with Crippen LogP contribution in [0.15, 0.2) is 115 Å². The van der Waals surface area contributed by atoms with Gasteiger partial charge in [-0.05, 0) is 154 Å². The molecule has 0 spiro atoms. The molecule has 3 aliphatic heterocycles. The van der Waals surface area contributed by atoms with Crippen LogP contribution < -0.4 is 36.2 Å². The van der Waals surface area contributed by atoms with Gasteiger partial charge in [-0.25, -0.2) is 4.79 Å². The number of nitrogens with zero attached hydrogens (tertiary/aromatic N) is 6. The van der Waals surface area contributed by atoms with Crippen molar-refractivity contribution in [3.8, 4) is 34.3 Å². The number of aromatic hydroxyl groups is 2. The maximum Gasteiger partial charge on any atom is 0.413 e. The van der Waals surface area contributed by atoms with E-state index in [0.29, 0.717) is 80.2 Å². The zero-order valence-corrected chi connectivity index (χ0v) is 56.2. The van der Waals surface area contributed by atoms with E-state index in [9.17, 15) is 43.8 Å². The smallest absolute Gasteiger partial charge is 0.413 e. The van der Waals surface area contributed by atoms with Gasteiger partial charge in [0.05, 0.1) is 18.2 Å². The number of piperidine rings is 1. The number of aryl methyl sites for hydroxylation is 2. The molecule has 5 atom stereocenters. The van der Waals surface area contributed by atoms with E-state index in [4.69, 9.17) is 9.47 Å². The summed E-state index contributed by atoms with van der Waals surface area (Å²) in [7, 11) is 0. The third-order valence-electron chi connectivity index (χ3n) is 17.9. The normalized spacial score (nSPS) is 17.2. The molecule has 5 aromatic carbocycles. The molecule has 22 heteroatoms. The predicted molar refractivity (Wildman–Crippen MR) is 362 cm³/mol. The van der Waals surface area contributed by atoms with Gasteiger partial charge in [-0.15, -0.1) is 10.2 Å². The zero-order valence-electron chi connectivity index (χ0n) is 56.2. The van der Waals surface area contributed by atoms with E-state index in [2.05, 4.69) is 46.6 Å². The lowest BCUT2D eigenvalue weighted by Crippen LogP contribution is -2.59. The van der Waals surface area contributed by atoms with E-state index >= 15 is 0 Å². The molecule has 22 nitrogen and oxygen atoms in total. The van der Waals surface area contributed by atoms with Crippen molar-refractivity contribution >= 4 is 47.1 Å². The van der Waals surface area contributed by atoms with E-state index in [1.54, 1.807) is 23.6 Å². The van der Waals surface area contributed by atoms with Crippen LogP contribution in [0.5, 0.6) is 17.2 Å². The quantitative estimate of drug-likeness (QED) is 0.0227. The Morgan fingerprint density at radius 2 is 1.24 bits per heavy atom. The molecule has 6 amide bonds. The summed E-state index contributed by atoms with van der Waals surface area (Å²) < 4.78 is 13.0. The van der Waals surface area contributed by atoms with Gasteiger partial charge in [0.1, 0.15) is 41.0 Å². The standard InChI is InChI=1S/C73H93N11O11/c1-10-74-70(91)66-80-79-65(56-41-55(47(6)7)61(85)42-62(56)86)84(66)53-24-21-51(22-25-53)43-81-31-29-52(30-32-81)71(92)83-35-33-82(34-36-83)54-26-28-63(48(8)39-54)95-72(93)78-57(27-23-49-17-13-11-14-18-49)67(88)76-59(38-46(4)5)68(89)77-60(40-50-19-15-12-16-20-50)69(90)75-58(37-45(2)3)64(87)73(9)44-94-73/h11-22,24-26,28,39,41-42,45-47,52,57-60,85-86H,10,23,27,29-38,40,43-44H2,1-9H3,(H,74,91)(H,75,90)(H,76,88)(H,77,89)(H,78,93)/t57-,58?,59-,60-,73+/m0/s1. The Kier molecular flexibility index (Phi) is 23.5. The van der Waals surface area contributed by atoms with E-state index in [1.807, 2.05) is 157 Å². The topological polar surface area (TPSA) is 282 Å². The second-order valence-electron chi connectivity index (χ2n) is 26.7. The fourth-order valence-electron chi connectivity index (χ4n) is 12.5. The van der Waals surface area contributed by atoms with Gasteiger partial charge >= 0.3 is 6.09 Å². The van der Waals surface area contributed by atoms with Crippen LogP contribution in [-0.4, -0.2) is 158 Å². The van der Waals surface area contributed by atoms with E-state index in [0.717, 1.165) is 48.3 Å². The monoisotopic (exact) mass is 1300 g/mol. The van der Waals surface area contributed by atoms with Crippen LogP contribution in [0, 0.1) is 24.7 Å². The molecule has 9 rings (SSSR count). The van der Waals surface area contributed by atoms with Gasteiger partial charge in [0, 0.05) is 69.0 Å².